The van der Waals surface area contributed by atoms with Crippen molar-refractivity contribution in [3.63, 3.8) is 0 Å². The van der Waals surface area contributed by atoms with Crippen molar-refractivity contribution in [2.75, 3.05) is 18.1 Å². The van der Waals surface area contributed by atoms with E-state index in [1.807, 2.05) is 0 Å². The van der Waals surface area contributed by atoms with Crippen LogP contribution in [0.25, 0.3) is 0 Å². The van der Waals surface area contributed by atoms with Gasteiger partial charge in [-0.2, -0.15) is 0 Å². The average molecular weight is 511 g/mol. The van der Waals surface area contributed by atoms with Gasteiger partial charge in [-0.3, -0.25) is 19.3 Å². The number of carboxylic acid groups (broad SMARTS) is 2. The Labute approximate surface area is 198 Å². The molecule has 1 aromatic heterocycles. The third kappa shape index (κ3) is 4.41. The number of carbonyl (C=O) groups excluding carboxylic acids is 3. The molecule has 1 unspecified atom stereocenters. The first kappa shape index (κ1) is 23.5. The van der Waals surface area contributed by atoms with E-state index in [9.17, 15) is 29.1 Å². The molecule has 2 fully saturated rings. The lowest BCUT2D eigenvalue weighted by Crippen LogP contribution is -2.71. The van der Waals surface area contributed by atoms with E-state index in [4.69, 9.17) is 15.6 Å². The summed E-state index contributed by atoms with van der Waals surface area (Å²) < 4.78 is 5.18. The van der Waals surface area contributed by atoms with Gasteiger partial charge >= 0.3 is 17.9 Å². The molecule has 4 heterocycles. The van der Waals surface area contributed by atoms with Gasteiger partial charge in [0.1, 0.15) is 28.9 Å². The fraction of sp³-hybridized carbons (Fsp3) is 0.389. The molecule has 5 N–H and O–H groups in total. The van der Waals surface area contributed by atoms with Gasteiger partial charge in [0, 0.05) is 23.1 Å². The van der Waals surface area contributed by atoms with Crippen LogP contribution in [0.5, 0.6) is 0 Å². The second-order valence-corrected chi connectivity index (χ2v) is 9.23. The SMILES string of the molecule is Nc1nc(/C(=N/OCC(=O)O)C(=O)N[C@@H]2C(=O)N3C(C(=O)O)=C(C4CCC(=O)O4)CS[C@H]23)cs1. The largest absolute Gasteiger partial charge is 0.479 e. The van der Waals surface area contributed by atoms with Crippen LogP contribution in [0, 0.1) is 0 Å². The Kier molecular flexibility index (Phi) is 6.43. The summed E-state index contributed by atoms with van der Waals surface area (Å²) in [5.74, 6) is -4.47. The molecule has 3 atom stereocenters. The first-order chi connectivity index (χ1) is 16.2. The number of ether oxygens (including phenoxy) is 1. The number of cyclic esters (lactones) is 1. The van der Waals surface area contributed by atoms with E-state index in [1.165, 1.54) is 17.1 Å². The van der Waals surface area contributed by atoms with Crippen LogP contribution in [0.3, 0.4) is 0 Å². The number of thiazole rings is 1. The number of carbonyl (C=O) groups is 5. The molecule has 2 amide bonds. The number of oxime groups is 1. The Morgan fingerprint density at radius 1 is 1.35 bits per heavy atom. The minimum Gasteiger partial charge on any atom is -0.479 e. The Hall–Kier alpha value is -3.66. The number of amides is 2. The molecule has 3 aliphatic rings. The van der Waals surface area contributed by atoms with Gasteiger partial charge in [0.05, 0.1) is 0 Å². The maximum atomic E-state index is 12.9. The molecular weight excluding hydrogens is 494 g/mol. The molecule has 0 bridgehead atoms. The Morgan fingerprint density at radius 2 is 2.12 bits per heavy atom. The van der Waals surface area contributed by atoms with Crippen molar-refractivity contribution >= 4 is 63.7 Å². The number of rotatable bonds is 8. The van der Waals surface area contributed by atoms with Gasteiger partial charge in [-0.1, -0.05) is 5.16 Å². The number of esters is 1. The van der Waals surface area contributed by atoms with Crippen LogP contribution in [-0.2, 0) is 33.5 Å². The van der Waals surface area contributed by atoms with Crippen LogP contribution < -0.4 is 11.1 Å². The first-order valence-corrected chi connectivity index (χ1v) is 11.6. The number of fused-ring (bicyclic) bond motifs is 1. The van der Waals surface area contributed by atoms with Crippen LogP contribution in [0.4, 0.5) is 5.13 Å². The zero-order valence-corrected chi connectivity index (χ0v) is 18.8. The highest BCUT2D eigenvalue weighted by Crippen LogP contribution is 2.42. The second-order valence-electron chi connectivity index (χ2n) is 7.24. The molecule has 34 heavy (non-hydrogen) atoms. The molecule has 4 rings (SSSR count). The number of anilines is 1. The van der Waals surface area contributed by atoms with Crippen molar-refractivity contribution in [1.82, 2.24) is 15.2 Å². The van der Waals surface area contributed by atoms with Gasteiger partial charge in [0.2, 0.25) is 6.61 Å². The normalized spacial score (nSPS) is 24.3. The van der Waals surface area contributed by atoms with Gasteiger partial charge in [0.25, 0.3) is 11.8 Å². The Morgan fingerprint density at radius 3 is 2.71 bits per heavy atom. The lowest BCUT2D eigenvalue weighted by Gasteiger charge is -2.49. The summed E-state index contributed by atoms with van der Waals surface area (Å²) in [6.45, 7) is -0.813. The maximum absolute atomic E-state index is 12.9. The lowest BCUT2D eigenvalue weighted by atomic mass is 9.99. The number of β-lactam (4-membered cyclic amide) rings is 1. The fourth-order valence-electron chi connectivity index (χ4n) is 3.62. The number of nitrogen functional groups attached to an aromatic ring is 1. The van der Waals surface area contributed by atoms with Crippen LogP contribution in [0.1, 0.15) is 18.5 Å². The smallest absolute Gasteiger partial charge is 0.352 e. The second kappa shape index (κ2) is 9.30. The molecule has 0 aromatic carbocycles. The number of aliphatic carboxylic acids is 2. The molecule has 0 aliphatic carbocycles. The summed E-state index contributed by atoms with van der Waals surface area (Å²) in [5, 5.41) is 25.3. The van der Waals surface area contributed by atoms with Crippen LogP contribution in [-0.4, -0.2) is 85.4 Å². The molecule has 16 heteroatoms. The fourth-order valence-corrected chi connectivity index (χ4v) is 5.58. The molecule has 14 nitrogen and oxygen atoms in total. The van der Waals surface area contributed by atoms with Crippen molar-refractivity contribution < 1.29 is 43.8 Å². The van der Waals surface area contributed by atoms with E-state index in [0.29, 0.717) is 12.0 Å². The summed E-state index contributed by atoms with van der Waals surface area (Å²) >= 11 is 2.22. The van der Waals surface area contributed by atoms with E-state index in [0.717, 1.165) is 16.2 Å². The summed E-state index contributed by atoms with van der Waals surface area (Å²) in [4.78, 5) is 69.5. The zero-order valence-electron chi connectivity index (χ0n) is 17.1. The van der Waals surface area contributed by atoms with Crippen LogP contribution in [0.15, 0.2) is 21.8 Å². The maximum Gasteiger partial charge on any atom is 0.352 e. The zero-order chi connectivity index (χ0) is 24.6. The van der Waals surface area contributed by atoms with Gasteiger partial charge in [-0.05, 0) is 6.42 Å². The molecule has 0 saturated carbocycles. The summed E-state index contributed by atoms with van der Waals surface area (Å²) in [5.41, 5.74) is 5.28. The number of carboxylic acids is 2. The topological polar surface area (TPSA) is 211 Å². The van der Waals surface area contributed by atoms with Crippen molar-refractivity contribution in [1.29, 1.82) is 0 Å². The van der Waals surface area contributed by atoms with Crippen LogP contribution >= 0.6 is 23.1 Å². The number of nitrogens with two attached hydrogens (primary N) is 1. The quantitative estimate of drug-likeness (QED) is 0.143. The Balaban J connectivity index is 1.53. The molecule has 3 aliphatic heterocycles. The molecule has 0 radical (unpaired) electrons. The predicted molar refractivity (Wildman–Crippen MR) is 115 cm³/mol. The Bertz CT molecular complexity index is 1150. The average Bonchev–Trinajstić information content (AvgIpc) is 3.41. The van der Waals surface area contributed by atoms with Crippen molar-refractivity contribution in [3.05, 3.63) is 22.3 Å². The van der Waals surface area contributed by atoms with E-state index in [-0.39, 0.29) is 28.7 Å². The monoisotopic (exact) mass is 511 g/mol. The molecule has 0 spiro atoms. The molecule has 2 saturated heterocycles. The van der Waals surface area contributed by atoms with Crippen molar-refractivity contribution in [2.45, 2.75) is 30.4 Å². The summed E-state index contributed by atoms with van der Waals surface area (Å²) in [6.07, 6.45) is -0.228. The highest BCUT2D eigenvalue weighted by molar-refractivity contribution is 8.00. The highest BCUT2D eigenvalue weighted by atomic mass is 32.2. The van der Waals surface area contributed by atoms with Crippen LogP contribution in [0.2, 0.25) is 0 Å². The molecule has 1 aromatic rings. The number of nitrogens with zero attached hydrogens (tertiary/aromatic N) is 3. The number of thioether (sulfide) groups is 1. The minimum absolute atomic E-state index is 0.0155. The standard InChI is InChI=1S/C18H17N5O9S2/c19-18-20-7(5-34-18)11(22-31-3-9(24)25)14(27)21-12-15(28)23-13(17(29)30)6(4-33-16(12)23)8-1-2-10(26)32-8/h5,8,12,16H,1-4H2,(H2,19,20)(H,21,27)(H,24,25)(H,29,30)/b22-11-/t8?,12-,16-/m1/s1. The van der Waals surface area contributed by atoms with Crippen molar-refractivity contribution in [2.24, 2.45) is 5.16 Å². The number of hydrogen-bond donors (Lipinski definition) is 4. The highest BCUT2D eigenvalue weighted by Gasteiger charge is 2.55. The van der Waals surface area contributed by atoms with E-state index in [2.05, 4.69) is 20.3 Å². The minimum atomic E-state index is -1.34. The number of nitrogens with one attached hydrogen (secondary N) is 1. The van der Waals surface area contributed by atoms with E-state index in [1.54, 1.807) is 0 Å². The number of hydrogen-bond acceptors (Lipinski definition) is 12. The van der Waals surface area contributed by atoms with Gasteiger partial charge < -0.3 is 30.8 Å². The summed E-state index contributed by atoms with van der Waals surface area (Å²) in [6, 6.07) is -1.08. The van der Waals surface area contributed by atoms with Gasteiger partial charge in [0.15, 0.2) is 10.8 Å². The lowest BCUT2D eigenvalue weighted by molar-refractivity contribution is -0.150. The summed E-state index contributed by atoms with van der Waals surface area (Å²) in [7, 11) is 0. The van der Waals surface area contributed by atoms with Gasteiger partial charge in [-0.25, -0.2) is 14.6 Å². The molecule has 180 valence electrons. The van der Waals surface area contributed by atoms with E-state index < -0.39 is 59.6 Å². The third-order valence-corrected chi connectivity index (χ3v) is 7.06. The predicted octanol–water partition coefficient (Wildman–Crippen LogP) is -1.03. The first-order valence-electron chi connectivity index (χ1n) is 9.71. The van der Waals surface area contributed by atoms with Gasteiger partial charge in [-0.15, -0.1) is 23.1 Å². The number of aromatic nitrogens is 1. The van der Waals surface area contributed by atoms with E-state index >= 15 is 0 Å². The molecular formula is C18H17N5O9S2. The van der Waals surface area contributed by atoms with Crippen molar-refractivity contribution in [3.8, 4) is 0 Å². The third-order valence-electron chi connectivity index (χ3n) is 5.08.